The normalized spacial score (nSPS) is 12.2. The molecule has 0 aliphatic rings. The number of nitrogens with zero attached hydrogens (tertiary/aromatic N) is 1. The summed E-state index contributed by atoms with van der Waals surface area (Å²) < 4.78 is 5.13. The minimum Gasteiger partial charge on any atom is -0.491 e. The quantitative estimate of drug-likeness (QED) is 0.636. The van der Waals surface area contributed by atoms with Gasteiger partial charge in [0.15, 0.2) is 0 Å². The second kappa shape index (κ2) is 4.95. The molecule has 0 saturated carbocycles. The Labute approximate surface area is 91.4 Å². The molecule has 0 saturated heterocycles. The molecular weight excluding hydrogens is 222 g/mol. The summed E-state index contributed by atoms with van der Waals surface area (Å²) in [6.45, 7) is 1.70. The SMILES string of the molecule is C[C@H](O)COc1ccc([N+](=O)[O-])c(Cl)c1. The van der Waals surface area contributed by atoms with E-state index in [9.17, 15) is 10.1 Å². The summed E-state index contributed by atoms with van der Waals surface area (Å²) in [7, 11) is 0. The Bertz CT molecular complexity index is 367. The number of aliphatic hydroxyl groups excluding tert-OH is 1. The number of nitro benzene ring substituents is 1. The van der Waals surface area contributed by atoms with E-state index in [1.165, 1.54) is 18.2 Å². The van der Waals surface area contributed by atoms with Gasteiger partial charge in [-0.15, -0.1) is 0 Å². The second-order valence-corrected chi connectivity index (χ2v) is 3.44. The molecule has 0 radical (unpaired) electrons. The molecule has 0 amide bonds. The van der Waals surface area contributed by atoms with E-state index >= 15 is 0 Å². The van der Waals surface area contributed by atoms with Gasteiger partial charge in [-0.25, -0.2) is 0 Å². The van der Waals surface area contributed by atoms with Gasteiger partial charge in [-0.2, -0.15) is 0 Å². The number of ether oxygens (including phenoxy) is 1. The van der Waals surface area contributed by atoms with E-state index in [1.54, 1.807) is 6.92 Å². The fraction of sp³-hybridized carbons (Fsp3) is 0.333. The van der Waals surface area contributed by atoms with E-state index in [1.807, 2.05) is 0 Å². The number of nitro groups is 1. The third kappa shape index (κ3) is 3.38. The molecule has 5 nitrogen and oxygen atoms in total. The summed E-state index contributed by atoms with van der Waals surface area (Å²) in [5.41, 5.74) is -0.166. The van der Waals surface area contributed by atoms with Crippen LogP contribution in [0.3, 0.4) is 0 Å². The van der Waals surface area contributed by atoms with Crippen molar-refractivity contribution in [1.82, 2.24) is 0 Å². The average molecular weight is 232 g/mol. The lowest BCUT2D eigenvalue weighted by molar-refractivity contribution is -0.384. The molecule has 1 aromatic rings. The molecule has 0 spiro atoms. The van der Waals surface area contributed by atoms with Gasteiger partial charge < -0.3 is 9.84 Å². The number of aliphatic hydroxyl groups is 1. The predicted molar refractivity (Wildman–Crippen MR) is 55.3 cm³/mol. The van der Waals surface area contributed by atoms with Crippen molar-refractivity contribution in [3.8, 4) is 5.75 Å². The van der Waals surface area contributed by atoms with Gasteiger partial charge in [-0.05, 0) is 13.0 Å². The van der Waals surface area contributed by atoms with Crippen LogP contribution in [0, 0.1) is 10.1 Å². The van der Waals surface area contributed by atoms with Crippen LogP contribution >= 0.6 is 11.6 Å². The molecule has 1 rings (SSSR count). The van der Waals surface area contributed by atoms with Crippen LogP contribution in [0.1, 0.15) is 6.92 Å². The van der Waals surface area contributed by atoms with Gasteiger partial charge >= 0.3 is 0 Å². The Morgan fingerprint density at radius 2 is 2.33 bits per heavy atom. The topological polar surface area (TPSA) is 72.6 Å². The fourth-order valence-electron chi connectivity index (χ4n) is 0.942. The second-order valence-electron chi connectivity index (χ2n) is 3.03. The van der Waals surface area contributed by atoms with Gasteiger partial charge in [0, 0.05) is 12.1 Å². The first-order valence-corrected chi connectivity index (χ1v) is 4.63. The lowest BCUT2D eigenvalue weighted by Gasteiger charge is -2.07. The molecule has 0 heterocycles. The van der Waals surface area contributed by atoms with Gasteiger partial charge in [0.25, 0.3) is 5.69 Å². The van der Waals surface area contributed by atoms with Crippen LogP contribution < -0.4 is 4.74 Å². The van der Waals surface area contributed by atoms with Gasteiger partial charge in [-0.1, -0.05) is 11.6 Å². The van der Waals surface area contributed by atoms with Crippen molar-refractivity contribution in [2.24, 2.45) is 0 Å². The molecule has 1 N–H and O–H groups in total. The molecule has 0 unspecified atom stereocenters. The first-order valence-electron chi connectivity index (χ1n) is 4.25. The summed E-state index contributed by atoms with van der Waals surface area (Å²) in [5, 5.41) is 19.4. The van der Waals surface area contributed by atoms with Crippen LogP contribution in [0.5, 0.6) is 5.75 Å². The molecule has 0 aliphatic heterocycles. The van der Waals surface area contributed by atoms with E-state index in [0.717, 1.165) is 0 Å². The number of rotatable bonds is 4. The lowest BCUT2D eigenvalue weighted by atomic mass is 10.3. The minimum absolute atomic E-state index is 0.0168. The van der Waals surface area contributed by atoms with Gasteiger partial charge in [-0.3, -0.25) is 10.1 Å². The van der Waals surface area contributed by atoms with E-state index in [4.69, 9.17) is 21.4 Å². The van der Waals surface area contributed by atoms with Crippen LogP contribution in [0.25, 0.3) is 0 Å². The molecule has 15 heavy (non-hydrogen) atoms. The lowest BCUT2D eigenvalue weighted by Crippen LogP contribution is -2.12. The Hall–Kier alpha value is -1.33. The zero-order chi connectivity index (χ0) is 11.4. The van der Waals surface area contributed by atoms with Gasteiger partial charge in [0.05, 0.1) is 11.0 Å². The minimum atomic E-state index is -0.598. The summed E-state index contributed by atoms with van der Waals surface area (Å²) in [4.78, 5) is 9.87. The van der Waals surface area contributed by atoms with E-state index in [-0.39, 0.29) is 17.3 Å². The Kier molecular flexibility index (Phi) is 3.88. The number of hydrogen-bond acceptors (Lipinski definition) is 4. The van der Waals surface area contributed by atoms with Gasteiger partial charge in [0.2, 0.25) is 0 Å². The zero-order valence-electron chi connectivity index (χ0n) is 8.01. The third-order valence-corrected chi connectivity index (χ3v) is 1.91. The van der Waals surface area contributed by atoms with Gasteiger partial charge in [0.1, 0.15) is 17.4 Å². The first kappa shape index (κ1) is 11.7. The van der Waals surface area contributed by atoms with Crippen molar-refractivity contribution in [2.45, 2.75) is 13.0 Å². The first-order chi connectivity index (χ1) is 7.00. The molecular formula is C9H10ClNO4. The maximum absolute atomic E-state index is 10.4. The summed E-state index contributed by atoms with van der Waals surface area (Å²) in [6.07, 6.45) is -0.598. The van der Waals surface area contributed by atoms with Crippen LogP contribution in [-0.2, 0) is 0 Å². The van der Waals surface area contributed by atoms with Crippen LogP contribution in [0.2, 0.25) is 5.02 Å². The van der Waals surface area contributed by atoms with Crippen molar-refractivity contribution >= 4 is 17.3 Å². The molecule has 0 aliphatic carbocycles. The number of benzene rings is 1. The fourth-order valence-corrected chi connectivity index (χ4v) is 1.18. The Morgan fingerprint density at radius 1 is 1.67 bits per heavy atom. The van der Waals surface area contributed by atoms with Crippen molar-refractivity contribution < 1.29 is 14.8 Å². The third-order valence-electron chi connectivity index (χ3n) is 1.61. The molecule has 0 aromatic heterocycles. The highest BCUT2D eigenvalue weighted by molar-refractivity contribution is 6.32. The van der Waals surface area contributed by atoms with E-state index in [0.29, 0.717) is 5.75 Å². The van der Waals surface area contributed by atoms with E-state index < -0.39 is 11.0 Å². The maximum atomic E-state index is 10.4. The number of halogens is 1. The average Bonchev–Trinajstić information content (AvgIpc) is 2.14. The van der Waals surface area contributed by atoms with Crippen molar-refractivity contribution in [3.63, 3.8) is 0 Å². The smallest absolute Gasteiger partial charge is 0.288 e. The zero-order valence-corrected chi connectivity index (χ0v) is 8.77. The highest BCUT2D eigenvalue weighted by Crippen LogP contribution is 2.28. The maximum Gasteiger partial charge on any atom is 0.288 e. The molecule has 6 heteroatoms. The highest BCUT2D eigenvalue weighted by atomic mass is 35.5. The number of hydrogen-bond donors (Lipinski definition) is 1. The summed E-state index contributed by atoms with van der Waals surface area (Å²) in [5.74, 6) is 0.395. The van der Waals surface area contributed by atoms with Crippen molar-refractivity contribution in [3.05, 3.63) is 33.3 Å². The Morgan fingerprint density at radius 3 is 2.80 bits per heavy atom. The largest absolute Gasteiger partial charge is 0.491 e. The monoisotopic (exact) mass is 231 g/mol. The predicted octanol–water partition coefficient (Wildman–Crippen LogP) is 2.01. The van der Waals surface area contributed by atoms with Crippen LogP contribution in [-0.4, -0.2) is 22.7 Å². The Balaban J connectivity index is 2.78. The molecule has 0 bridgehead atoms. The van der Waals surface area contributed by atoms with Crippen molar-refractivity contribution in [1.29, 1.82) is 0 Å². The molecule has 1 aromatic carbocycles. The summed E-state index contributed by atoms with van der Waals surface area (Å²) >= 11 is 5.66. The molecule has 0 fully saturated rings. The van der Waals surface area contributed by atoms with Crippen LogP contribution in [0.15, 0.2) is 18.2 Å². The molecule has 1 atom stereocenters. The van der Waals surface area contributed by atoms with Crippen molar-refractivity contribution in [2.75, 3.05) is 6.61 Å². The van der Waals surface area contributed by atoms with Crippen LogP contribution in [0.4, 0.5) is 5.69 Å². The standard InChI is InChI=1S/C9H10ClNO4/c1-6(12)5-15-7-2-3-9(11(13)14)8(10)4-7/h2-4,6,12H,5H2,1H3/t6-/m0/s1. The highest BCUT2D eigenvalue weighted by Gasteiger charge is 2.12. The summed E-state index contributed by atoms with van der Waals surface area (Å²) in [6, 6.07) is 4.05. The molecule has 82 valence electrons. The van der Waals surface area contributed by atoms with E-state index in [2.05, 4.69) is 0 Å².